The number of alkyl halides is 3. The van der Waals surface area contributed by atoms with Crippen LogP contribution in [0.2, 0.25) is 0 Å². The molecule has 1 aromatic carbocycles. The highest BCUT2D eigenvalue weighted by Crippen LogP contribution is 2.36. The molecule has 0 spiro atoms. The standard InChI is InChI=1S/C30H28BrF3N8O2/c1-15(2)23-9-17(4)42(38-23)29-37-25-13-40(27(43)18-6-7-22(31)21(10-18)30(32,33)34)16(3)8-20(25)28(44)41(29)19-11-24-26(35-12-19)39(5)14-36-24/h6-7,9-12,14-16H,8,13H2,1-5H3/t16-/m1/s1. The minimum absolute atomic E-state index is 0.0648. The molecule has 1 atom stereocenters. The largest absolute Gasteiger partial charge is 0.417 e. The Labute approximate surface area is 258 Å². The minimum Gasteiger partial charge on any atom is -0.330 e. The maximum absolute atomic E-state index is 14.3. The van der Waals surface area contributed by atoms with Crippen molar-refractivity contribution >= 4 is 33.0 Å². The van der Waals surface area contributed by atoms with Crippen molar-refractivity contribution in [3.63, 3.8) is 0 Å². The highest BCUT2D eigenvalue weighted by molar-refractivity contribution is 9.10. The summed E-state index contributed by atoms with van der Waals surface area (Å²) in [4.78, 5) is 43.1. The van der Waals surface area contributed by atoms with Gasteiger partial charge in [0, 0.05) is 34.4 Å². The maximum atomic E-state index is 14.3. The lowest BCUT2D eigenvalue weighted by molar-refractivity contribution is -0.138. The Morgan fingerprint density at radius 3 is 2.57 bits per heavy atom. The van der Waals surface area contributed by atoms with Crippen LogP contribution in [-0.4, -0.2) is 50.7 Å². The van der Waals surface area contributed by atoms with Gasteiger partial charge in [-0.15, -0.1) is 0 Å². The van der Waals surface area contributed by atoms with Gasteiger partial charge < -0.3 is 9.47 Å². The normalized spacial score (nSPS) is 15.3. The molecule has 6 rings (SSSR count). The van der Waals surface area contributed by atoms with Crippen LogP contribution in [0.3, 0.4) is 0 Å². The highest BCUT2D eigenvalue weighted by Gasteiger charge is 2.36. The van der Waals surface area contributed by atoms with Crippen LogP contribution in [0.5, 0.6) is 0 Å². The average Bonchev–Trinajstić information content (AvgIpc) is 3.54. The molecule has 0 N–H and O–H groups in total. The van der Waals surface area contributed by atoms with Crippen molar-refractivity contribution in [2.45, 2.75) is 58.8 Å². The molecule has 0 fully saturated rings. The van der Waals surface area contributed by atoms with Gasteiger partial charge in [0.05, 0.1) is 41.7 Å². The summed E-state index contributed by atoms with van der Waals surface area (Å²) in [6.45, 7) is 7.57. The topological polar surface area (TPSA) is 104 Å². The predicted molar refractivity (Wildman–Crippen MR) is 160 cm³/mol. The van der Waals surface area contributed by atoms with E-state index in [9.17, 15) is 22.8 Å². The van der Waals surface area contributed by atoms with Gasteiger partial charge in [0.25, 0.3) is 11.5 Å². The lowest BCUT2D eigenvalue weighted by Gasteiger charge is -2.34. The zero-order valence-electron chi connectivity index (χ0n) is 24.5. The Bertz CT molecular complexity index is 2010. The SMILES string of the molecule is Cc1cc(C(C)C)nn1-c1nc2c(c(=O)n1-c1cnc3c(c1)ncn3C)C[C@@H](C)N(C(=O)c1ccc(Br)c(C(F)(F)F)c1)C2. The molecule has 4 aromatic heterocycles. The number of hydrogen-bond donors (Lipinski definition) is 0. The summed E-state index contributed by atoms with van der Waals surface area (Å²) < 4.78 is 45.4. The second kappa shape index (κ2) is 10.7. The van der Waals surface area contributed by atoms with Gasteiger partial charge >= 0.3 is 6.18 Å². The summed E-state index contributed by atoms with van der Waals surface area (Å²) in [5.41, 5.74) is 2.62. The summed E-state index contributed by atoms with van der Waals surface area (Å²) in [5.74, 6) is -0.267. The monoisotopic (exact) mass is 668 g/mol. The van der Waals surface area contributed by atoms with E-state index in [1.54, 1.807) is 34.8 Å². The summed E-state index contributed by atoms with van der Waals surface area (Å²) in [5, 5.41) is 4.74. The number of carbonyl (C=O) groups excluding carboxylic acids is 1. The number of fused-ring (bicyclic) bond motifs is 2. The van der Waals surface area contributed by atoms with Crippen molar-refractivity contribution in [1.29, 1.82) is 0 Å². The first-order valence-electron chi connectivity index (χ1n) is 13.9. The van der Waals surface area contributed by atoms with Crippen molar-refractivity contribution in [2.75, 3.05) is 0 Å². The highest BCUT2D eigenvalue weighted by atomic mass is 79.9. The van der Waals surface area contributed by atoms with Crippen LogP contribution in [0.1, 0.15) is 65.3 Å². The smallest absolute Gasteiger partial charge is 0.330 e. The van der Waals surface area contributed by atoms with Gasteiger partial charge in [0.1, 0.15) is 5.52 Å². The third-order valence-corrected chi connectivity index (χ3v) is 8.55. The molecular weight excluding hydrogens is 641 g/mol. The predicted octanol–water partition coefficient (Wildman–Crippen LogP) is 5.50. The maximum Gasteiger partial charge on any atom is 0.417 e. The molecule has 0 saturated carbocycles. The van der Waals surface area contributed by atoms with Crippen molar-refractivity contribution in [3.05, 3.63) is 91.5 Å². The van der Waals surface area contributed by atoms with E-state index in [0.29, 0.717) is 28.1 Å². The zero-order chi connectivity index (χ0) is 31.7. The molecule has 5 aromatic rings. The number of imidazole rings is 1. The Morgan fingerprint density at radius 1 is 1.14 bits per heavy atom. The lowest BCUT2D eigenvalue weighted by atomic mass is 9.98. The second-order valence-electron chi connectivity index (χ2n) is 11.3. The fourth-order valence-corrected chi connectivity index (χ4v) is 5.92. The van der Waals surface area contributed by atoms with Crippen molar-refractivity contribution in [3.8, 4) is 11.6 Å². The van der Waals surface area contributed by atoms with E-state index in [1.165, 1.54) is 21.6 Å². The average molecular weight is 670 g/mol. The molecule has 0 saturated heterocycles. The van der Waals surface area contributed by atoms with Gasteiger partial charge in [0.15, 0.2) is 5.65 Å². The van der Waals surface area contributed by atoms with Crippen LogP contribution >= 0.6 is 15.9 Å². The molecule has 0 unspecified atom stereocenters. The molecular formula is C30H28BrF3N8O2. The molecule has 1 aliphatic heterocycles. The second-order valence-corrected chi connectivity index (χ2v) is 12.2. The van der Waals surface area contributed by atoms with E-state index in [4.69, 9.17) is 10.1 Å². The van der Waals surface area contributed by atoms with Crippen LogP contribution in [0, 0.1) is 6.92 Å². The molecule has 14 heteroatoms. The van der Waals surface area contributed by atoms with Gasteiger partial charge in [-0.1, -0.05) is 29.8 Å². The van der Waals surface area contributed by atoms with Gasteiger partial charge in [0.2, 0.25) is 5.95 Å². The number of aromatic nitrogens is 7. The molecule has 44 heavy (non-hydrogen) atoms. The number of halogens is 4. The van der Waals surface area contributed by atoms with E-state index >= 15 is 0 Å². The first-order valence-corrected chi connectivity index (χ1v) is 14.7. The van der Waals surface area contributed by atoms with Gasteiger partial charge in [-0.05, 0) is 56.5 Å². The van der Waals surface area contributed by atoms with Crippen LogP contribution in [0.15, 0.2) is 52.1 Å². The van der Waals surface area contributed by atoms with E-state index in [-0.39, 0.29) is 40.4 Å². The fraction of sp³-hybridized carbons (Fsp3) is 0.333. The summed E-state index contributed by atoms with van der Waals surface area (Å²) in [7, 11) is 1.83. The lowest BCUT2D eigenvalue weighted by Crippen LogP contribution is -2.46. The van der Waals surface area contributed by atoms with Crippen molar-refractivity contribution < 1.29 is 18.0 Å². The van der Waals surface area contributed by atoms with Crippen LogP contribution < -0.4 is 5.56 Å². The molecule has 228 valence electrons. The van der Waals surface area contributed by atoms with Gasteiger partial charge in [-0.3, -0.25) is 9.59 Å². The Morgan fingerprint density at radius 2 is 1.89 bits per heavy atom. The van der Waals surface area contributed by atoms with E-state index < -0.39 is 23.7 Å². The number of amides is 1. The number of nitrogens with zero attached hydrogens (tertiary/aromatic N) is 8. The number of benzene rings is 1. The van der Waals surface area contributed by atoms with Crippen molar-refractivity contribution in [1.82, 2.24) is 38.8 Å². The molecule has 5 heterocycles. The fourth-order valence-electron chi connectivity index (χ4n) is 5.45. The van der Waals surface area contributed by atoms with Gasteiger partial charge in [-0.2, -0.15) is 18.3 Å². The summed E-state index contributed by atoms with van der Waals surface area (Å²) >= 11 is 2.93. The number of carbonyl (C=O) groups is 1. The van der Waals surface area contributed by atoms with E-state index in [1.807, 2.05) is 33.9 Å². The van der Waals surface area contributed by atoms with E-state index in [0.717, 1.165) is 17.5 Å². The third kappa shape index (κ3) is 5.00. The summed E-state index contributed by atoms with van der Waals surface area (Å²) in [6, 6.07) is 6.60. The molecule has 1 aliphatic rings. The van der Waals surface area contributed by atoms with E-state index in [2.05, 4.69) is 25.9 Å². The first-order chi connectivity index (χ1) is 20.7. The van der Waals surface area contributed by atoms with Crippen LogP contribution in [-0.2, 0) is 26.2 Å². The summed E-state index contributed by atoms with van der Waals surface area (Å²) in [6.07, 6.45) is -1.26. The third-order valence-electron chi connectivity index (χ3n) is 7.86. The Balaban J connectivity index is 1.50. The van der Waals surface area contributed by atoms with Gasteiger partial charge in [-0.25, -0.2) is 24.2 Å². The minimum atomic E-state index is -4.64. The van der Waals surface area contributed by atoms with Crippen LogP contribution in [0.4, 0.5) is 13.2 Å². The zero-order valence-corrected chi connectivity index (χ0v) is 26.1. The molecule has 0 aliphatic carbocycles. The number of aryl methyl sites for hydroxylation is 2. The number of rotatable bonds is 4. The number of hydrogen-bond acceptors (Lipinski definition) is 6. The molecule has 10 nitrogen and oxygen atoms in total. The molecule has 0 radical (unpaired) electrons. The Hall–Kier alpha value is -4.33. The molecule has 1 amide bonds. The van der Waals surface area contributed by atoms with Crippen LogP contribution in [0.25, 0.3) is 22.8 Å². The number of pyridine rings is 1. The first kappa shape index (κ1) is 29.7. The Kier molecular flexibility index (Phi) is 7.22. The molecule has 0 bridgehead atoms. The van der Waals surface area contributed by atoms with Crippen molar-refractivity contribution in [2.24, 2.45) is 7.05 Å². The quantitative estimate of drug-likeness (QED) is 0.251.